The molecule has 1 heteroatoms. The SMILES string of the molecule is COC(C)(C)C/C=C/C(C)=C/C=C/C(C)=C\C=C\C(C)=C/C=C/C=C(C)\C=C\C=C(\C)CC/C=C(\C)CCC=C(C)C. The number of hydrogen-bond donors (Lipinski definition) is 0. The molecule has 0 bridgehead atoms. The van der Waals surface area contributed by atoms with Crippen molar-refractivity contribution in [1.29, 1.82) is 0 Å². The summed E-state index contributed by atoms with van der Waals surface area (Å²) in [6.07, 6.45) is 42.2. The van der Waals surface area contributed by atoms with Crippen molar-refractivity contribution in [2.24, 2.45) is 0 Å². The van der Waals surface area contributed by atoms with E-state index in [0.29, 0.717) is 0 Å². The fourth-order valence-corrected chi connectivity index (χ4v) is 3.64. The average molecular weight is 569 g/mol. The molecule has 0 saturated heterocycles. The molecule has 0 atom stereocenters. The Bertz CT molecular complexity index is 1150. The van der Waals surface area contributed by atoms with E-state index in [0.717, 1.165) is 32.1 Å². The van der Waals surface area contributed by atoms with Gasteiger partial charge in [-0.15, -0.1) is 0 Å². The number of hydrogen-bond acceptors (Lipinski definition) is 1. The van der Waals surface area contributed by atoms with Crippen LogP contribution in [0.4, 0.5) is 0 Å². The molecule has 0 aromatic heterocycles. The Morgan fingerprint density at radius 3 is 1.45 bits per heavy atom. The highest BCUT2D eigenvalue weighted by Gasteiger charge is 2.12. The Kier molecular flexibility index (Phi) is 21.6. The van der Waals surface area contributed by atoms with E-state index in [9.17, 15) is 0 Å². The Labute approximate surface area is 260 Å². The van der Waals surface area contributed by atoms with E-state index in [1.165, 1.54) is 39.0 Å². The molecule has 0 heterocycles. The van der Waals surface area contributed by atoms with Crippen molar-refractivity contribution in [2.75, 3.05) is 7.11 Å². The largest absolute Gasteiger partial charge is 0.378 e. The Balaban J connectivity index is 4.66. The quantitative estimate of drug-likeness (QED) is 0.118. The molecule has 1 nitrogen and oxygen atoms in total. The van der Waals surface area contributed by atoms with Crippen molar-refractivity contribution >= 4 is 0 Å². The second kappa shape index (κ2) is 23.4. The lowest BCUT2D eigenvalue weighted by Gasteiger charge is -2.20. The highest BCUT2D eigenvalue weighted by atomic mass is 16.5. The first kappa shape index (κ1) is 38.8. The lowest BCUT2D eigenvalue weighted by molar-refractivity contribution is 0.0255. The molecule has 0 aliphatic heterocycles. The minimum atomic E-state index is -0.118. The third-order valence-corrected chi connectivity index (χ3v) is 6.67. The predicted octanol–water partition coefficient (Wildman–Crippen LogP) is 12.8. The van der Waals surface area contributed by atoms with Crippen LogP contribution in [0.25, 0.3) is 0 Å². The van der Waals surface area contributed by atoms with E-state index < -0.39 is 0 Å². The van der Waals surface area contributed by atoms with Crippen LogP contribution < -0.4 is 0 Å². The molecule has 0 spiro atoms. The molecular weight excluding hydrogens is 508 g/mol. The van der Waals surface area contributed by atoms with Crippen LogP contribution in [0.3, 0.4) is 0 Å². The summed E-state index contributed by atoms with van der Waals surface area (Å²) in [5.41, 5.74) is 9.06. The molecule has 0 aliphatic carbocycles. The molecule has 0 unspecified atom stereocenters. The van der Waals surface area contributed by atoms with Crippen LogP contribution in [0.5, 0.6) is 0 Å². The Morgan fingerprint density at radius 2 is 0.952 bits per heavy atom. The van der Waals surface area contributed by atoms with E-state index in [2.05, 4.69) is 173 Å². The molecule has 0 saturated carbocycles. The Morgan fingerprint density at radius 1 is 0.524 bits per heavy atom. The van der Waals surface area contributed by atoms with Gasteiger partial charge in [-0.1, -0.05) is 142 Å². The van der Waals surface area contributed by atoms with E-state index >= 15 is 0 Å². The van der Waals surface area contributed by atoms with Crippen LogP contribution in [-0.4, -0.2) is 12.7 Å². The van der Waals surface area contributed by atoms with Gasteiger partial charge >= 0.3 is 0 Å². The fraction of sp³-hybridized carbons (Fsp3) is 0.415. The highest BCUT2D eigenvalue weighted by molar-refractivity contribution is 5.32. The molecule has 230 valence electrons. The van der Waals surface area contributed by atoms with Crippen molar-refractivity contribution in [3.63, 3.8) is 0 Å². The lowest BCUT2D eigenvalue weighted by Crippen LogP contribution is -2.20. The van der Waals surface area contributed by atoms with Gasteiger partial charge in [0, 0.05) is 7.11 Å². The van der Waals surface area contributed by atoms with Crippen molar-refractivity contribution < 1.29 is 4.74 Å². The van der Waals surface area contributed by atoms with Gasteiger partial charge in [-0.05, 0) is 101 Å². The minimum Gasteiger partial charge on any atom is -0.378 e. The lowest BCUT2D eigenvalue weighted by atomic mass is 10.0. The van der Waals surface area contributed by atoms with Crippen molar-refractivity contribution in [2.45, 2.75) is 107 Å². The van der Waals surface area contributed by atoms with Crippen LogP contribution in [-0.2, 0) is 4.74 Å². The summed E-state index contributed by atoms with van der Waals surface area (Å²) >= 11 is 0. The van der Waals surface area contributed by atoms with Gasteiger partial charge in [-0.25, -0.2) is 0 Å². The van der Waals surface area contributed by atoms with Gasteiger partial charge in [0.2, 0.25) is 0 Å². The highest BCUT2D eigenvalue weighted by Crippen LogP contribution is 2.14. The van der Waals surface area contributed by atoms with Gasteiger partial charge in [0.05, 0.1) is 5.60 Å². The first-order chi connectivity index (χ1) is 19.8. The van der Waals surface area contributed by atoms with E-state index in [-0.39, 0.29) is 5.60 Å². The van der Waals surface area contributed by atoms with Crippen molar-refractivity contribution in [1.82, 2.24) is 0 Å². The first-order valence-corrected chi connectivity index (χ1v) is 15.4. The van der Waals surface area contributed by atoms with Crippen LogP contribution in [0.1, 0.15) is 101 Å². The summed E-state index contributed by atoms with van der Waals surface area (Å²) in [5, 5.41) is 0. The van der Waals surface area contributed by atoms with E-state index in [4.69, 9.17) is 4.74 Å². The van der Waals surface area contributed by atoms with Crippen LogP contribution in [0, 0.1) is 0 Å². The fourth-order valence-electron chi connectivity index (χ4n) is 3.64. The zero-order chi connectivity index (χ0) is 31.8. The summed E-state index contributed by atoms with van der Waals surface area (Å²) < 4.78 is 5.45. The smallest absolute Gasteiger partial charge is 0.0657 e. The van der Waals surface area contributed by atoms with Crippen molar-refractivity contribution in [3.8, 4) is 0 Å². The summed E-state index contributed by atoms with van der Waals surface area (Å²) in [6.45, 7) is 21.5. The standard InChI is InChI=1S/C41H60O/c1-34(2)20-14-23-37(5)26-17-29-38(6)27-15-24-35(3)21-12-13-22-36(4)25-16-28-39(7)30-18-31-40(8)32-19-33-41(9,10)42-11/h12-13,15-16,18-22,24-28,30-32H,14,17,23,29,33H2,1-11H3/b13-12+,24-15+,25-16+,30-18+,32-19+,35-21-,36-22-,37-26+,38-27-,39-28-,40-31+. The van der Waals surface area contributed by atoms with Crippen LogP contribution in [0.15, 0.2) is 142 Å². The second-order valence-corrected chi connectivity index (χ2v) is 12.1. The zero-order valence-corrected chi connectivity index (χ0v) is 28.8. The summed E-state index contributed by atoms with van der Waals surface area (Å²) in [7, 11) is 1.76. The maximum atomic E-state index is 5.45. The average Bonchev–Trinajstić information content (AvgIpc) is 2.91. The second-order valence-electron chi connectivity index (χ2n) is 12.1. The summed E-state index contributed by atoms with van der Waals surface area (Å²) in [6, 6.07) is 0. The van der Waals surface area contributed by atoms with Gasteiger partial charge < -0.3 is 4.74 Å². The molecular formula is C41H60O. The molecule has 0 aromatic rings. The number of ether oxygens (including phenoxy) is 1. The molecule has 42 heavy (non-hydrogen) atoms. The van der Waals surface area contributed by atoms with E-state index in [1.54, 1.807) is 7.11 Å². The molecule has 0 radical (unpaired) electrons. The van der Waals surface area contributed by atoms with Gasteiger partial charge in [0.1, 0.15) is 0 Å². The number of rotatable bonds is 18. The molecule has 0 fully saturated rings. The molecule has 0 N–H and O–H groups in total. The van der Waals surface area contributed by atoms with Gasteiger partial charge in [0.25, 0.3) is 0 Å². The van der Waals surface area contributed by atoms with E-state index in [1.807, 2.05) is 0 Å². The first-order valence-electron chi connectivity index (χ1n) is 15.4. The maximum absolute atomic E-state index is 5.45. The topological polar surface area (TPSA) is 9.23 Å². The monoisotopic (exact) mass is 568 g/mol. The van der Waals surface area contributed by atoms with Gasteiger partial charge in [-0.3, -0.25) is 0 Å². The number of allylic oxidation sites excluding steroid dienone is 23. The molecule has 0 amide bonds. The third-order valence-electron chi connectivity index (χ3n) is 6.67. The predicted molar refractivity (Wildman–Crippen MR) is 192 cm³/mol. The van der Waals surface area contributed by atoms with Gasteiger partial charge in [0.15, 0.2) is 0 Å². The number of methoxy groups -OCH3 is 1. The van der Waals surface area contributed by atoms with Crippen molar-refractivity contribution in [3.05, 3.63) is 142 Å². The minimum absolute atomic E-state index is 0.118. The summed E-state index contributed by atoms with van der Waals surface area (Å²) in [4.78, 5) is 0. The molecule has 0 rings (SSSR count). The Hall–Kier alpha value is -3.16. The van der Waals surface area contributed by atoms with Crippen LogP contribution >= 0.6 is 0 Å². The third kappa shape index (κ3) is 24.6. The maximum Gasteiger partial charge on any atom is 0.0657 e. The molecule has 0 aliphatic rings. The normalized spacial score (nSPS) is 15.5. The zero-order valence-electron chi connectivity index (χ0n) is 28.8. The van der Waals surface area contributed by atoms with Crippen LogP contribution in [0.2, 0.25) is 0 Å². The molecule has 0 aromatic carbocycles. The van der Waals surface area contributed by atoms with Gasteiger partial charge in [-0.2, -0.15) is 0 Å². The summed E-state index contributed by atoms with van der Waals surface area (Å²) in [5.74, 6) is 0.